The molecule has 1 aliphatic heterocycles. The summed E-state index contributed by atoms with van der Waals surface area (Å²) in [5, 5.41) is 11.9. The van der Waals surface area contributed by atoms with Gasteiger partial charge in [0.1, 0.15) is 0 Å². The number of hydrogen-bond donors (Lipinski definition) is 2. The third kappa shape index (κ3) is 4.28. The fourth-order valence-electron chi connectivity index (χ4n) is 2.50. The molecule has 1 amide bonds. The number of nitrogens with zero attached hydrogens (tertiary/aromatic N) is 1. The highest BCUT2D eigenvalue weighted by Crippen LogP contribution is 2.27. The Bertz CT molecular complexity index is 565. The van der Waals surface area contributed by atoms with Gasteiger partial charge in [0.2, 0.25) is 5.91 Å². The van der Waals surface area contributed by atoms with E-state index in [0.717, 1.165) is 8.95 Å². The number of hydrogen-bond acceptors (Lipinski definition) is 3. The smallest absolute Gasteiger partial charge is 0.308 e. The van der Waals surface area contributed by atoms with Crippen LogP contribution in [-0.2, 0) is 9.59 Å². The average Bonchev–Trinajstić information content (AvgIpc) is 2.74. The molecule has 0 saturated carbocycles. The molecule has 2 N–H and O–H groups in total. The second kappa shape index (κ2) is 6.89. The van der Waals surface area contributed by atoms with E-state index in [-0.39, 0.29) is 18.4 Å². The summed E-state index contributed by atoms with van der Waals surface area (Å²) in [6.45, 7) is 3.16. The van der Waals surface area contributed by atoms with Crippen molar-refractivity contribution in [2.75, 3.05) is 25.0 Å². The van der Waals surface area contributed by atoms with Gasteiger partial charge in [-0.05, 0) is 40.0 Å². The van der Waals surface area contributed by atoms with E-state index in [2.05, 4.69) is 37.2 Å². The van der Waals surface area contributed by atoms with Gasteiger partial charge in [0.25, 0.3) is 0 Å². The van der Waals surface area contributed by atoms with E-state index in [4.69, 9.17) is 5.11 Å². The molecular formula is C14H16Br2N2O3. The number of carboxylic acid groups (broad SMARTS) is 1. The first-order chi connectivity index (χ1) is 9.86. The van der Waals surface area contributed by atoms with Gasteiger partial charge in [0, 0.05) is 22.0 Å². The van der Waals surface area contributed by atoms with E-state index >= 15 is 0 Å². The van der Waals surface area contributed by atoms with E-state index in [1.165, 1.54) is 0 Å². The van der Waals surface area contributed by atoms with Crippen LogP contribution in [0.1, 0.15) is 6.92 Å². The molecule has 1 aliphatic rings. The van der Waals surface area contributed by atoms with Gasteiger partial charge in [0.05, 0.1) is 18.2 Å². The Morgan fingerprint density at radius 3 is 2.67 bits per heavy atom. The van der Waals surface area contributed by atoms with E-state index in [9.17, 15) is 9.59 Å². The number of carboxylic acids is 1. The normalized spacial score (nSPS) is 22.2. The van der Waals surface area contributed by atoms with Crippen molar-refractivity contribution in [1.82, 2.24) is 4.90 Å². The van der Waals surface area contributed by atoms with Gasteiger partial charge in [-0.15, -0.1) is 0 Å². The summed E-state index contributed by atoms with van der Waals surface area (Å²) in [6.07, 6.45) is 0. The van der Waals surface area contributed by atoms with Gasteiger partial charge < -0.3 is 10.4 Å². The lowest BCUT2D eigenvalue weighted by Crippen LogP contribution is -2.32. The van der Waals surface area contributed by atoms with Crippen LogP contribution < -0.4 is 5.32 Å². The lowest BCUT2D eigenvalue weighted by atomic mass is 9.99. The molecule has 2 rings (SSSR count). The number of amides is 1. The van der Waals surface area contributed by atoms with Crippen LogP contribution in [0.4, 0.5) is 5.69 Å². The highest BCUT2D eigenvalue weighted by molar-refractivity contribution is 9.11. The Balaban J connectivity index is 1.92. The zero-order valence-corrected chi connectivity index (χ0v) is 14.6. The number of nitrogens with one attached hydrogen (secondary N) is 1. The minimum atomic E-state index is -0.791. The van der Waals surface area contributed by atoms with E-state index < -0.39 is 11.9 Å². The SMILES string of the molecule is C[C@@H]1CN(CC(=O)Nc2ccc(Br)cc2Br)C[C@H]1C(=O)O. The summed E-state index contributed by atoms with van der Waals surface area (Å²) in [7, 11) is 0. The number of aliphatic carboxylic acids is 1. The summed E-state index contributed by atoms with van der Waals surface area (Å²) < 4.78 is 1.72. The molecule has 1 aromatic rings. The Morgan fingerprint density at radius 2 is 2.10 bits per heavy atom. The van der Waals surface area contributed by atoms with Gasteiger partial charge in [-0.1, -0.05) is 22.9 Å². The molecule has 1 saturated heterocycles. The van der Waals surface area contributed by atoms with Crippen molar-refractivity contribution in [3.63, 3.8) is 0 Å². The Hall–Kier alpha value is -0.920. The van der Waals surface area contributed by atoms with Crippen molar-refractivity contribution in [2.24, 2.45) is 11.8 Å². The number of benzene rings is 1. The molecule has 2 atom stereocenters. The Labute approximate surface area is 140 Å². The minimum Gasteiger partial charge on any atom is -0.481 e. The number of anilines is 1. The zero-order chi connectivity index (χ0) is 15.6. The van der Waals surface area contributed by atoms with Crippen molar-refractivity contribution in [2.45, 2.75) is 6.92 Å². The van der Waals surface area contributed by atoms with Crippen LogP contribution in [0.3, 0.4) is 0 Å². The van der Waals surface area contributed by atoms with Crippen LogP contribution in [0.15, 0.2) is 27.1 Å². The number of carbonyl (C=O) groups excluding carboxylic acids is 1. The fraction of sp³-hybridized carbons (Fsp3) is 0.429. The molecule has 1 heterocycles. The molecule has 0 aliphatic carbocycles. The Morgan fingerprint density at radius 1 is 1.38 bits per heavy atom. The van der Waals surface area contributed by atoms with Crippen molar-refractivity contribution < 1.29 is 14.7 Å². The largest absolute Gasteiger partial charge is 0.481 e. The topological polar surface area (TPSA) is 69.6 Å². The fourth-order valence-corrected chi connectivity index (χ4v) is 3.65. The second-order valence-electron chi connectivity index (χ2n) is 5.29. The van der Waals surface area contributed by atoms with Gasteiger partial charge >= 0.3 is 5.97 Å². The Kier molecular flexibility index (Phi) is 5.40. The molecule has 0 radical (unpaired) electrons. The first-order valence-electron chi connectivity index (χ1n) is 6.57. The lowest BCUT2D eigenvalue weighted by molar-refractivity contribution is -0.142. The van der Waals surface area contributed by atoms with E-state index in [1.807, 2.05) is 24.0 Å². The highest BCUT2D eigenvalue weighted by Gasteiger charge is 2.35. The third-order valence-electron chi connectivity index (χ3n) is 3.58. The standard InChI is InChI=1S/C14H16Br2N2O3/c1-8-5-18(6-10(8)14(20)21)7-13(19)17-12-3-2-9(15)4-11(12)16/h2-4,8,10H,5-7H2,1H3,(H,17,19)(H,20,21)/t8-,10-/m1/s1. The van der Waals surface area contributed by atoms with Crippen LogP contribution >= 0.6 is 31.9 Å². The van der Waals surface area contributed by atoms with Crippen molar-refractivity contribution in [1.29, 1.82) is 0 Å². The molecule has 5 nitrogen and oxygen atoms in total. The molecule has 0 bridgehead atoms. The van der Waals surface area contributed by atoms with Crippen molar-refractivity contribution in [3.8, 4) is 0 Å². The van der Waals surface area contributed by atoms with Crippen LogP contribution in [0, 0.1) is 11.8 Å². The maximum atomic E-state index is 12.1. The second-order valence-corrected chi connectivity index (χ2v) is 7.06. The maximum Gasteiger partial charge on any atom is 0.308 e. The first kappa shape index (κ1) is 16.5. The van der Waals surface area contributed by atoms with Gasteiger partial charge in [-0.3, -0.25) is 14.5 Å². The predicted octanol–water partition coefficient (Wildman–Crippen LogP) is 2.80. The number of carbonyl (C=O) groups is 2. The molecule has 114 valence electrons. The first-order valence-corrected chi connectivity index (χ1v) is 8.15. The highest BCUT2D eigenvalue weighted by atomic mass is 79.9. The molecular weight excluding hydrogens is 404 g/mol. The van der Waals surface area contributed by atoms with Crippen molar-refractivity contribution >= 4 is 49.4 Å². The summed E-state index contributed by atoms with van der Waals surface area (Å²) in [5.41, 5.74) is 0.699. The summed E-state index contributed by atoms with van der Waals surface area (Å²) in [6, 6.07) is 5.51. The molecule has 0 spiro atoms. The predicted molar refractivity (Wildman–Crippen MR) is 87.2 cm³/mol. The summed E-state index contributed by atoms with van der Waals surface area (Å²) in [4.78, 5) is 25.0. The van der Waals surface area contributed by atoms with Crippen LogP contribution in [0.2, 0.25) is 0 Å². The van der Waals surface area contributed by atoms with Crippen LogP contribution in [-0.4, -0.2) is 41.5 Å². The van der Waals surface area contributed by atoms with Gasteiger partial charge in [-0.2, -0.15) is 0 Å². The number of rotatable bonds is 4. The monoisotopic (exact) mass is 418 g/mol. The molecule has 1 aromatic carbocycles. The van der Waals surface area contributed by atoms with Gasteiger partial charge in [0.15, 0.2) is 0 Å². The third-order valence-corrected chi connectivity index (χ3v) is 4.73. The molecule has 0 unspecified atom stereocenters. The quantitative estimate of drug-likeness (QED) is 0.787. The minimum absolute atomic E-state index is 0.0646. The van der Waals surface area contributed by atoms with E-state index in [1.54, 1.807) is 6.07 Å². The zero-order valence-electron chi connectivity index (χ0n) is 11.5. The summed E-state index contributed by atoms with van der Waals surface area (Å²) >= 11 is 6.74. The summed E-state index contributed by atoms with van der Waals surface area (Å²) in [5.74, 6) is -1.26. The van der Waals surface area contributed by atoms with Crippen LogP contribution in [0.5, 0.6) is 0 Å². The number of halogens is 2. The lowest BCUT2D eigenvalue weighted by Gasteiger charge is -2.15. The number of likely N-dealkylation sites (tertiary alicyclic amines) is 1. The molecule has 7 heteroatoms. The maximum absolute atomic E-state index is 12.1. The molecule has 21 heavy (non-hydrogen) atoms. The average molecular weight is 420 g/mol. The molecule has 0 aromatic heterocycles. The molecule has 1 fully saturated rings. The van der Waals surface area contributed by atoms with Gasteiger partial charge in [-0.25, -0.2) is 0 Å². The van der Waals surface area contributed by atoms with Crippen molar-refractivity contribution in [3.05, 3.63) is 27.1 Å². The van der Waals surface area contributed by atoms with Crippen LogP contribution in [0.25, 0.3) is 0 Å². The van der Waals surface area contributed by atoms with E-state index in [0.29, 0.717) is 18.8 Å².